The Morgan fingerprint density at radius 2 is 0.889 bits per heavy atom. The van der Waals surface area contributed by atoms with E-state index in [9.17, 15) is 30.3 Å². The molecule has 7 atom stereocenters. The molecular weight excluding hydrogens is 791 g/mol. The molecule has 0 aromatic rings. The number of aliphatic hydroxyl groups excluding tert-OH is 5. The molecular formula is C54H105NO8. The summed E-state index contributed by atoms with van der Waals surface area (Å²) in [6.45, 7) is 3.86. The van der Waals surface area contributed by atoms with E-state index in [4.69, 9.17) is 9.47 Å². The summed E-state index contributed by atoms with van der Waals surface area (Å²) < 4.78 is 11.3. The van der Waals surface area contributed by atoms with Gasteiger partial charge in [0.25, 0.3) is 0 Å². The van der Waals surface area contributed by atoms with Gasteiger partial charge in [0, 0.05) is 6.42 Å². The lowest BCUT2D eigenvalue weighted by Gasteiger charge is -2.40. The molecule has 9 heteroatoms. The van der Waals surface area contributed by atoms with E-state index in [1.165, 1.54) is 193 Å². The van der Waals surface area contributed by atoms with E-state index in [1.54, 1.807) is 0 Å². The molecule has 1 fully saturated rings. The van der Waals surface area contributed by atoms with Crippen LogP contribution in [0.1, 0.15) is 271 Å². The quantitative estimate of drug-likeness (QED) is 0.0261. The molecule has 6 N–H and O–H groups in total. The van der Waals surface area contributed by atoms with E-state index in [2.05, 4.69) is 31.3 Å². The summed E-state index contributed by atoms with van der Waals surface area (Å²) in [5.74, 6) is -0.148. The molecule has 1 amide bonds. The molecule has 7 unspecified atom stereocenters. The zero-order valence-electron chi connectivity index (χ0n) is 41.4. The van der Waals surface area contributed by atoms with Crippen LogP contribution in [0.4, 0.5) is 0 Å². The first-order chi connectivity index (χ1) is 30.8. The number of carbonyl (C=O) groups excluding carboxylic acids is 1. The van der Waals surface area contributed by atoms with E-state index >= 15 is 0 Å². The molecule has 1 saturated heterocycles. The summed E-state index contributed by atoms with van der Waals surface area (Å²) >= 11 is 0. The highest BCUT2D eigenvalue weighted by molar-refractivity contribution is 5.76. The summed E-state index contributed by atoms with van der Waals surface area (Å²) in [4.78, 5) is 13.0. The standard InChI is InChI=1S/C54H105NO8/c1-3-5-7-9-11-13-15-17-19-21-23-24-25-26-27-29-31-33-35-37-39-41-43-48(57)47(46-62-54-53(61)52(60)51(59)49(45-56)63-54)55-50(58)44-42-40-38-36-34-32-30-28-22-20-18-16-14-12-10-8-6-4-2/h28,30,47-49,51-54,56-57,59-61H,3-27,29,31-46H2,1-2H3,(H,55,58)/b30-28-. The maximum Gasteiger partial charge on any atom is 0.220 e. The topological polar surface area (TPSA) is 149 Å². The van der Waals surface area contributed by atoms with Crippen molar-refractivity contribution in [1.29, 1.82) is 0 Å². The Morgan fingerprint density at radius 1 is 0.524 bits per heavy atom. The molecule has 63 heavy (non-hydrogen) atoms. The van der Waals surface area contributed by atoms with Crippen molar-refractivity contribution in [2.24, 2.45) is 0 Å². The van der Waals surface area contributed by atoms with Gasteiger partial charge in [0.15, 0.2) is 6.29 Å². The van der Waals surface area contributed by atoms with Crippen LogP contribution >= 0.6 is 0 Å². The molecule has 0 aliphatic carbocycles. The third-order valence-electron chi connectivity index (χ3n) is 13.4. The van der Waals surface area contributed by atoms with Gasteiger partial charge >= 0.3 is 0 Å². The normalized spacial score (nSPS) is 20.1. The van der Waals surface area contributed by atoms with Gasteiger partial charge in [-0.25, -0.2) is 0 Å². The number of allylic oxidation sites excluding steroid dienone is 2. The Hall–Kier alpha value is -1.07. The fourth-order valence-electron chi connectivity index (χ4n) is 8.98. The van der Waals surface area contributed by atoms with Gasteiger partial charge in [-0.3, -0.25) is 4.79 Å². The third-order valence-corrected chi connectivity index (χ3v) is 13.4. The van der Waals surface area contributed by atoms with Crippen LogP contribution in [0.15, 0.2) is 12.2 Å². The number of hydrogen-bond donors (Lipinski definition) is 6. The summed E-state index contributed by atoms with van der Waals surface area (Å²) in [7, 11) is 0. The summed E-state index contributed by atoms with van der Waals surface area (Å²) in [6.07, 6.45) is 46.6. The Bertz CT molecular complexity index is 997. The van der Waals surface area contributed by atoms with Crippen LogP contribution in [0.2, 0.25) is 0 Å². The van der Waals surface area contributed by atoms with Gasteiger partial charge in [-0.2, -0.15) is 0 Å². The highest BCUT2D eigenvalue weighted by Crippen LogP contribution is 2.23. The fourth-order valence-corrected chi connectivity index (χ4v) is 8.98. The van der Waals surface area contributed by atoms with Crippen molar-refractivity contribution in [2.45, 2.75) is 314 Å². The zero-order chi connectivity index (χ0) is 45.9. The van der Waals surface area contributed by atoms with E-state index in [0.717, 1.165) is 51.4 Å². The first-order valence-corrected chi connectivity index (χ1v) is 27.4. The van der Waals surface area contributed by atoms with Crippen LogP contribution < -0.4 is 5.32 Å². The lowest BCUT2D eigenvalue weighted by molar-refractivity contribution is -0.302. The largest absolute Gasteiger partial charge is 0.394 e. The number of nitrogens with one attached hydrogen (secondary N) is 1. The highest BCUT2D eigenvalue weighted by atomic mass is 16.7. The molecule has 0 aromatic carbocycles. The van der Waals surface area contributed by atoms with Crippen molar-refractivity contribution in [3.05, 3.63) is 12.2 Å². The zero-order valence-corrected chi connectivity index (χ0v) is 41.4. The van der Waals surface area contributed by atoms with Crippen molar-refractivity contribution in [2.75, 3.05) is 13.2 Å². The fraction of sp³-hybridized carbons (Fsp3) is 0.944. The van der Waals surface area contributed by atoms with Crippen molar-refractivity contribution in [3.8, 4) is 0 Å². The number of aliphatic hydroxyl groups is 5. The molecule has 0 bridgehead atoms. The van der Waals surface area contributed by atoms with Crippen LogP contribution in [0.5, 0.6) is 0 Å². The molecule has 1 aliphatic rings. The number of hydrogen-bond acceptors (Lipinski definition) is 8. The van der Waals surface area contributed by atoms with Gasteiger partial charge in [0.05, 0.1) is 25.4 Å². The van der Waals surface area contributed by atoms with Gasteiger partial charge in [-0.05, 0) is 38.5 Å². The minimum atomic E-state index is -1.55. The predicted octanol–water partition coefficient (Wildman–Crippen LogP) is 12.8. The second-order valence-electron chi connectivity index (χ2n) is 19.4. The molecule has 374 valence electrons. The van der Waals surface area contributed by atoms with Gasteiger partial charge < -0.3 is 40.3 Å². The first-order valence-electron chi connectivity index (χ1n) is 27.4. The van der Waals surface area contributed by atoms with E-state index in [1.807, 2.05) is 0 Å². The number of ether oxygens (including phenoxy) is 2. The van der Waals surface area contributed by atoms with Crippen LogP contribution in [-0.4, -0.2) is 87.5 Å². The molecule has 0 spiro atoms. The number of carbonyl (C=O) groups is 1. The monoisotopic (exact) mass is 896 g/mol. The molecule has 1 aliphatic heterocycles. The summed E-state index contributed by atoms with van der Waals surface area (Å²) in [5.41, 5.74) is 0. The third kappa shape index (κ3) is 34.8. The Morgan fingerprint density at radius 3 is 1.29 bits per heavy atom. The van der Waals surface area contributed by atoms with Crippen LogP contribution in [0.3, 0.4) is 0 Å². The Balaban J connectivity index is 2.23. The molecule has 0 aromatic heterocycles. The Kier molecular flexibility index (Phi) is 42.6. The molecule has 1 heterocycles. The second-order valence-corrected chi connectivity index (χ2v) is 19.4. The minimum absolute atomic E-state index is 0.137. The minimum Gasteiger partial charge on any atom is -0.394 e. The maximum atomic E-state index is 13.0. The average molecular weight is 896 g/mol. The number of unbranched alkanes of at least 4 members (excludes halogenated alkanes) is 35. The van der Waals surface area contributed by atoms with Crippen molar-refractivity contribution < 1.29 is 39.8 Å². The Labute approximate surface area is 388 Å². The summed E-state index contributed by atoms with van der Waals surface area (Å²) in [5, 5.41) is 54.6. The lowest BCUT2D eigenvalue weighted by Crippen LogP contribution is -2.60. The molecule has 0 saturated carbocycles. The van der Waals surface area contributed by atoms with E-state index in [0.29, 0.717) is 12.8 Å². The van der Waals surface area contributed by atoms with Crippen LogP contribution in [0, 0.1) is 0 Å². The van der Waals surface area contributed by atoms with Crippen LogP contribution in [-0.2, 0) is 14.3 Å². The van der Waals surface area contributed by atoms with E-state index in [-0.39, 0.29) is 12.5 Å². The van der Waals surface area contributed by atoms with Gasteiger partial charge in [-0.1, -0.05) is 238 Å². The van der Waals surface area contributed by atoms with Gasteiger partial charge in [0.2, 0.25) is 5.91 Å². The van der Waals surface area contributed by atoms with Crippen molar-refractivity contribution in [1.82, 2.24) is 5.32 Å². The second kappa shape index (κ2) is 44.7. The number of amides is 1. The first kappa shape index (κ1) is 59.9. The maximum absolute atomic E-state index is 13.0. The van der Waals surface area contributed by atoms with Crippen molar-refractivity contribution in [3.63, 3.8) is 0 Å². The summed E-state index contributed by atoms with van der Waals surface area (Å²) in [6, 6.07) is -0.720. The highest BCUT2D eigenvalue weighted by Gasteiger charge is 2.44. The molecule has 9 nitrogen and oxygen atoms in total. The van der Waals surface area contributed by atoms with Gasteiger partial charge in [-0.15, -0.1) is 0 Å². The molecule has 0 radical (unpaired) electrons. The van der Waals surface area contributed by atoms with Gasteiger partial charge in [0.1, 0.15) is 24.4 Å². The van der Waals surface area contributed by atoms with Crippen molar-refractivity contribution >= 4 is 5.91 Å². The lowest BCUT2D eigenvalue weighted by atomic mass is 9.99. The van der Waals surface area contributed by atoms with Crippen LogP contribution in [0.25, 0.3) is 0 Å². The smallest absolute Gasteiger partial charge is 0.220 e. The molecule has 1 rings (SSSR count). The average Bonchev–Trinajstić information content (AvgIpc) is 3.28. The SMILES string of the molecule is CCCCCCCCCCC/C=C\CCCCCCCC(=O)NC(COC1OC(CO)C(O)C(O)C1O)C(O)CCCCCCCCCCCCCCCCCCCCCCCC. The van der Waals surface area contributed by atoms with E-state index < -0.39 is 49.5 Å². The number of rotatable bonds is 47. The predicted molar refractivity (Wildman–Crippen MR) is 263 cm³/mol.